The standard InChI is InChI=1S/C13H15NO2/c1-10-7-8-14(9-12(10)15)13(16)11-5-3-2-4-6-11/h2-6,10H,7-9H2,1H3. The van der Waals surface area contributed by atoms with Crippen LogP contribution in [0.15, 0.2) is 30.3 Å². The van der Waals surface area contributed by atoms with Gasteiger partial charge < -0.3 is 4.90 Å². The lowest BCUT2D eigenvalue weighted by atomic mass is 9.97. The molecule has 2 rings (SSSR count). The molecule has 1 saturated heterocycles. The zero-order chi connectivity index (χ0) is 11.5. The summed E-state index contributed by atoms with van der Waals surface area (Å²) in [5.74, 6) is 0.219. The van der Waals surface area contributed by atoms with Gasteiger partial charge in [-0.3, -0.25) is 9.59 Å². The van der Waals surface area contributed by atoms with Crippen molar-refractivity contribution in [1.82, 2.24) is 4.90 Å². The minimum Gasteiger partial charge on any atom is -0.331 e. The Bertz CT molecular complexity index is 400. The molecule has 0 N–H and O–H groups in total. The average Bonchev–Trinajstić information content (AvgIpc) is 2.33. The zero-order valence-electron chi connectivity index (χ0n) is 9.35. The Morgan fingerprint density at radius 2 is 2.00 bits per heavy atom. The number of hydrogen-bond donors (Lipinski definition) is 0. The average molecular weight is 217 g/mol. The van der Waals surface area contributed by atoms with E-state index < -0.39 is 0 Å². The quantitative estimate of drug-likeness (QED) is 0.718. The minimum absolute atomic E-state index is 0.0409. The Hall–Kier alpha value is -1.64. The predicted octanol–water partition coefficient (Wildman–Crippen LogP) is 1.74. The largest absolute Gasteiger partial charge is 0.331 e. The number of rotatable bonds is 1. The first-order valence-corrected chi connectivity index (χ1v) is 5.55. The number of piperidine rings is 1. The van der Waals surface area contributed by atoms with Crippen molar-refractivity contribution in [1.29, 1.82) is 0 Å². The lowest BCUT2D eigenvalue weighted by molar-refractivity contribution is -0.125. The molecule has 1 unspecified atom stereocenters. The number of amides is 1. The van der Waals surface area contributed by atoms with Gasteiger partial charge in [0.1, 0.15) is 0 Å². The van der Waals surface area contributed by atoms with Crippen LogP contribution in [0.4, 0.5) is 0 Å². The van der Waals surface area contributed by atoms with Crippen molar-refractivity contribution in [3.8, 4) is 0 Å². The molecule has 1 heterocycles. The van der Waals surface area contributed by atoms with Crippen LogP contribution in [-0.4, -0.2) is 29.7 Å². The molecule has 0 bridgehead atoms. The SMILES string of the molecule is CC1CCN(C(=O)c2ccccc2)CC1=O. The van der Waals surface area contributed by atoms with Crippen molar-refractivity contribution < 1.29 is 9.59 Å². The number of hydrogen-bond acceptors (Lipinski definition) is 2. The smallest absolute Gasteiger partial charge is 0.254 e. The van der Waals surface area contributed by atoms with E-state index in [9.17, 15) is 9.59 Å². The molecule has 3 nitrogen and oxygen atoms in total. The van der Waals surface area contributed by atoms with Crippen LogP contribution in [0, 0.1) is 5.92 Å². The van der Waals surface area contributed by atoms with E-state index in [1.54, 1.807) is 17.0 Å². The second kappa shape index (κ2) is 4.47. The van der Waals surface area contributed by atoms with E-state index >= 15 is 0 Å². The van der Waals surface area contributed by atoms with Crippen LogP contribution in [0.2, 0.25) is 0 Å². The molecule has 1 amide bonds. The third-order valence-electron chi connectivity index (χ3n) is 3.04. The topological polar surface area (TPSA) is 37.4 Å². The summed E-state index contributed by atoms with van der Waals surface area (Å²) in [7, 11) is 0. The highest BCUT2D eigenvalue weighted by Crippen LogP contribution is 2.15. The lowest BCUT2D eigenvalue weighted by Crippen LogP contribution is -2.43. The highest BCUT2D eigenvalue weighted by Gasteiger charge is 2.26. The Kier molecular flexibility index (Phi) is 3.04. The van der Waals surface area contributed by atoms with Gasteiger partial charge in [-0.2, -0.15) is 0 Å². The van der Waals surface area contributed by atoms with Gasteiger partial charge in [-0.25, -0.2) is 0 Å². The highest BCUT2D eigenvalue weighted by molar-refractivity contribution is 5.97. The minimum atomic E-state index is -0.0409. The molecule has 84 valence electrons. The predicted molar refractivity (Wildman–Crippen MR) is 61.1 cm³/mol. The summed E-state index contributed by atoms with van der Waals surface area (Å²) in [5, 5.41) is 0. The maximum Gasteiger partial charge on any atom is 0.254 e. The Morgan fingerprint density at radius 3 is 2.62 bits per heavy atom. The van der Waals surface area contributed by atoms with Crippen LogP contribution in [0.3, 0.4) is 0 Å². The van der Waals surface area contributed by atoms with Gasteiger partial charge in [-0.1, -0.05) is 25.1 Å². The van der Waals surface area contributed by atoms with Gasteiger partial charge in [0, 0.05) is 18.0 Å². The molecule has 0 saturated carbocycles. The van der Waals surface area contributed by atoms with E-state index in [2.05, 4.69) is 0 Å². The van der Waals surface area contributed by atoms with Gasteiger partial charge in [0.2, 0.25) is 0 Å². The van der Waals surface area contributed by atoms with Crippen LogP contribution in [-0.2, 0) is 4.79 Å². The van der Waals surface area contributed by atoms with E-state index in [0.29, 0.717) is 12.1 Å². The molecule has 16 heavy (non-hydrogen) atoms. The Balaban J connectivity index is 2.09. The first kappa shape index (κ1) is 10.9. The molecular formula is C13H15NO2. The molecule has 1 aliphatic heterocycles. The molecular weight excluding hydrogens is 202 g/mol. The third-order valence-corrected chi connectivity index (χ3v) is 3.04. The molecule has 1 aromatic rings. The molecule has 0 aliphatic carbocycles. The second-order valence-corrected chi connectivity index (χ2v) is 4.25. The van der Waals surface area contributed by atoms with Gasteiger partial charge in [0.05, 0.1) is 6.54 Å². The highest BCUT2D eigenvalue weighted by atomic mass is 16.2. The van der Waals surface area contributed by atoms with Crippen molar-refractivity contribution in [2.75, 3.05) is 13.1 Å². The van der Waals surface area contributed by atoms with E-state index in [4.69, 9.17) is 0 Å². The molecule has 1 atom stereocenters. The summed E-state index contributed by atoms with van der Waals surface area (Å²) in [6.45, 7) is 2.86. The summed E-state index contributed by atoms with van der Waals surface area (Å²) in [4.78, 5) is 25.2. The van der Waals surface area contributed by atoms with Crippen molar-refractivity contribution in [2.45, 2.75) is 13.3 Å². The normalized spacial score (nSPS) is 20.9. The number of nitrogens with zero attached hydrogens (tertiary/aromatic N) is 1. The molecule has 0 aromatic heterocycles. The Morgan fingerprint density at radius 1 is 1.31 bits per heavy atom. The molecule has 0 spiro atoms. The van der Waals surface area contributed by atoms with Crippen LogP contribution in [0.5, 0.6) is 0 Å². The number of carbonyl (C=O) groups excluding carboxylic acids is 2. The molecule has 1 fully saturated rings. The fourth-order valence-corrected chi connectivity index (χ4v) is 1.87. The van der Waals surface area contributed by atoms with Crippen molar-refractivity contribution in [3.05, 3.63) is 35.9 Å². The fraction of sp³-hybridized carbons (Fsp3) is 0.385. The molecule has 0 radical (unpaired) electrons. The van der Waals surface area contributed by atoms with Gasteiger partial charge >= 0.3 is 0 Å². The van der Waals surface area contributed by atoms with Crippen LogP contribution >= 0.6 is 0 Å². The van der Waals surface area contributed by atoms with Gasteiger partial charge in [-0.05, 0) is 18.6 Å². The fourth-order valence-electron chi connectivity index (χ4n) is 1.87. The summed E-state index contributed by atoms with van der Waals surface area (Å²) in [6.07, 6.45) is 0.775. The van der Waals surface area contributed by atoms with Crippen molar-refractivity contribution in [2.24, 2.45) is 5.92 Å². The molecule has 3 heteroatoms. The summed E-state index contributed by atoms with van der Waals surface area (Å²) < 4.78 is 0. The van der Waals surface area contributed by atoms with E-state index in [-0.39, 0.29) is 24.2 Å². The third kappa shape index (κ3) is 2.13. The van der Waals surface area contributed by atoms with E-state index in [1.807, 2.05) is 25.1 Å². The lowest BCUT2D eigenvalue weighted by Gasteiger charge is -2.29. The van der Waals surface area contributed by atoms with Crippen LogP contribution < -0.4 is 0 Å². The maximum absolute atomic E-state index is 12.0. The van der Waals surface area contributed by atoms with Crippen LogP contribution in [0.1, 0.15) is 23.7 Å². The maximum atomic E-state index is 12.0. The number of benzene rings is 1. The molecule has 1 aromatic carbocycles. The van der Waals surface area contributed by atoms with E-state index in [1.165, 1.54) is 0 Å². The summed E-state index contributed by atoms with van der Waals surface area (Å²) in [6, 6.07) is 9.11. The number of carbonyl (C=O) groups is 2. The summed E-state index contributed by atoms with van der Waals surface area (Å²) in [5.41, 5.74) is 0.657. The monoisotopic (exact) mass is 217 g/mol. The van der Waals surface area contributed by atoms with Crippen molar-refractivity contribution >= 4 is 11.7 Å². The van der Waals surface area contributed by atoms with Gasteiger partial charge in [0.25, 0.3) is 5.91 Å². The Labute approximate surface area is 95.1 Å². The number of ketones is 1. The zero-order valence-corrected chi connectivity index (χ0v) is 9.35. The first-order valence-electron chi connectivity index (χ1n) is 5.55. The van der Waals surface area contributed by atoms with Crippen molar-refractivity contribution in [3.63, 3.8) is 0 Å². The number of Topliss-reactive ketones (excluding diaryl/α,β-unsaturated/α-hetero) is 1. The van der Waals surface area contributed by atoms with Gasteiger partial charge in [0.15, 0.2) is 5.78 Å². The van der Waals surface area contributed by atoms with Gasteiger partial charge in [-0.15, -0.1) is 0 Å². The summed E-state index contributed by atoms with van der Waals surface area (Å²) >= 11 is 0. The number of likely N-dealkylation sites (tertiary alicyclic amines) is 1. The first-order chi connectivity index (χ1) is 7.68. The molecule has 1 aliphatic rings. The van der Waals surface area contributed by atoms with Crippen LogP contribution in [0.25, 0.3) is 0 Å². The van der Waals surface area contributed by atoms with E-state index in [0.717, 1.165) is 6.42 Å². The second-order valence-electron chi connectivity index (χ2n) is 4.25.